The van der Waals surface area contributed by atoms with E-state index in [1.807, 2.05) is 16.9 Å². The molecule has 0 aliphatic rings. The van der Waals surface area contributed by atoms with Gasteiger partial charge >= 0.3 is 0 Å². The smallest absolute Gasteiger partial charge is 0.131 e. The van der Waals surface area contributed by atoms with Gasteiger partial charge in [-0.25, -0.2) is 4.98 Å². The summed E-state index contributed by atoms with van der Waals surface area (Å²) >= 11 is 5.83. The largest absolute Gasteiger partial charge is 0.264 e. The van der Waals surface area contributed by atoms with Crippen LogP contribution in [0.15, 0.2) is 18.5 Å². The van der Waals surface area contributed by atoms with Crippen molar-refractivity contribution < 1.29 is 0 Å². The molecule has 2 heterocycles. The minimum Gasteiger partial charge on any atom is -0.264 e. The van der Waals surface area contributed by atoms with Crippen molar-refractivity contribution in [3.63, 3.8) is 0 Å². The van der Waals surface area contributed by atoms with Crippen LogP contribution in [0.2, 0.25) is 5.15 Å². The molecular formula is C10H12ClN3. The lowest BCUT2D eigenvalue weighted by molar-refractivity contribution is 0.495. The number of hydrogen-bond acceptors (Lipinski definition) is 2. The highest BCUT2D eigenvalue weighted by Gasteiger charge is 2.05. The van der Waals surface area contributed by atoms with Crippen LogP contribution >= 0.6 is 11.6 Å². The summed E-state index contributed by atoms with van der Waals surface area (Å²) in [5.74, 6) is 0.574. The monoisotopic (exact) mass is 209 g/mol. The van der Waals surface area contributed by atoms with Crippen LogP contribution in [0.4, 0.5) is 0 Å². The van der Waals surface area contributed by atoms with Crippen LogP contribution in [0.5, 0.6) is 0 Å². The lowest BCUT2D eigenvalue weighted by Gasteiger charge is -2.05. The van der Waals surface area contributed by atoms with Crippen LogP contribution in [0.25, 0.3) is 10.9 Å². The molecule has 0 bridgehead atoms. The van der Waals surface area contributed by atoms with Crippen molar-refractivity contribution >= 4 is 22.5 Å². The summed E-state index contributed by atoms with van der Waals surface area (Å²) < 4.78 is 1.97. The Labute approximate surface area is 87.7 Å². The maximum absolute atomic E-state index is 5.83. The van der Waals surface area contributed by atoms with Gasteiger partial charge in [-0.05, 0) is 5.92 Å². The summed E-state index contributed by atoms with van der Waals surface area (Å²) in [6.07, 6.45) is 3.57. The van der Waals surface area contributed by atoms with E-state index in [2.05, 4.69) is 23.9 Å². The van der Waals surface area contributed by atoms with Crippen LogP contribution in [-0.2, 0) is 6.54 Å². The van der Waals surface area contributed by atoms with Crippen molar-refractivity contribution in [2.75, 3.05) is 0 Å². The van der Waals surface area contributed by atoms with E-state index in [-0.39, 0.29) is 0 Å². The van der Waals surface area contributed by atoms with Crippen molar-refractivity contribution in [2.45, 2.75) is 20.4 Å². The second-order valence-corrected chi connectivity index (χ2v) is 4.17. The molecule has 2 aromatic rings. The molecule has 2 aromatic heterocycles. The van der Waals surface area contributed by atoms with Gasteiger partial charge in [0.1, 0.15) is 5.15 Å². The first-order chi connectivity index (χ1) is 6.66. The number of fused-ring (bicyclic) bond motifs is 1. The van der Waals surface area contributed by atoms with Gasteiger partial charge in [0, 0.05) is 24.2 Å². The summed E-state index contributed by atoms with van der Waals surface area (Å²) in [5, 5.41) is 5.85. The lowest BCUT2D eigenvalue weighted by Crippen LogP contribution is -2.05. The second kappa shape index (κ2) is 3.58. The minimum atomic E-state index is 0.517. The van der Waals surface area contributed by atoms with Crippen molar-refractivity contribution in [3.05, 3.63) is 23.6 Å². The number of halogens is 1. The molecule has 0 aliphatic heterocycles. The third kappa shape index (κ3) is 1.73. The Morgan fingerprint density at radius 3 is 2.93 bits per heavy atom. The third-order valence-corrected chi connectivity index (χ3v) is 2.24. The number of hydrogen-bond donors (Lipinski definition) is 0. The maximum atomic E-state index is 5.83. The molecule has 0 saturated heterocycles. The molecule has 0 unspecified atom stereocenters. The molecule has 0 fully saturated rings. The van der Waals surface area contributed by atoms with Gasteiger partial charge in [-0.2, -0.15) is 5.10 Å². The average molecular weight is 210 g/mol. The average Bonchev–Trinajstić information content (AvgIpc) is 2.47. The molecule has 0 radical (unpaired) electrons. The quantitative estimate of drug-likeness (QED) is 0.713. The fraction of sp³-hybridized carbons (Fsp3) is 0.400. The van der Waals surface area contributed by atoms with E-state index >= 15 is 0 Å². The summed E-state index contributed by atoms with van der Waals surface area (Å²) in [6.45, 7) is 5.23. The first-order valence-corrected chi connectivity index (χ1v) is 5.01. The summed E-state index contributed by atoms with van der Waals surface area (Å²) in [6, 6.07) is 1.85. The molecule has 0 aliphatic carbocycles. The summed E-state index contributed by atoms with van der Waals surface area (Å²) in [4.78, 5) is 4.01. The molecule has 0 amide bonds. The van der Waals surface area contributed by atoms with Gasteiger partial charge in [0.15, 0.2) is 0 Å². The molecule has 0 spiro atoms. The number of rotatable bonds is 2. The van der Waals surface area contributed by atoms with Crippen LogP contribution in [0, 0.1) is 5.92 Å². The Balaban J connectivity index is 2.50. The molecule has 14 heavy (non-hydrogen) atoms. The Morgan fingerprint density at radius 2 is 2.21 bits per heavy atom. The third-order valence-electron chi connectivity index (χ3n) is 2.03. The Hall–Kier alpha value is -1.09. The van der Waals surface area contributed by atoms with Crippen molar-refractivity contribution in [3.8, 4) is 0 Å². The zero-order chi connectivity index (χ0) is 10.1. The van der Waals surface area contributed by atoms with E-state index in [9.17, 15) is 0 Å². The zero-order valence-corrected chi connectivity index (χ0v) is 8.99. The van der Waals surface area contributed by atoms with Crippen molar-refractivity contribution in [2.24, 2.45) is 5.92 Å². The normalized spacial score (nSPS) is 11.4. The molecule has 0 N–H and O–H groups in total. The summed E-state index contributed by atoms with van der Waals surface area (Å²) in [5.41, 5.74) is 1.05. The van der Waals surface area contributed by atoms with Crippen LogP contribution in [-0.4, -0.2) is 14.8 Å². The van der Waals surface area contributed by atoms with Gasteiger partial charge in [0.25, 0.3) is 0 Å². The van der Waals surface area contributed by atoms with E-state index in [0.717, 1.165) is 17.4 Å². The molecule has 3 nitrogen and oxygen atoms in total. The van der Waals surface area contributed by atoms with Gasteiger partial charge in [0.2, 0.25) is 0 Å². The molecule has 0 atom stereocenters. The van der Waals surface area contributed by atoms with Crippen molar-refractivity contribution in [1.29, 1.82) is 0 Å². The molecule has 2 rings (SSSR count). The maximum Gasteiger partial charge on any atom is 0.131 e. The van der Waals surface area contributed by atoms with Crippen LogP contribution in [0.1, 0.15) is 13.8 Å². The van der Waals surface area contributed by atoms with E-state index in [4.69, 9.17) is 11.6 Å². The van der Waals surface area contributed by atoms with Gasteiger partial charge in [-0.3, -0.25) is 4.68 Å². The van der Waals surface area contributed by atoms with Gasteiger partial charge in [0.05, 0.1) is 11.7 Å². The molecule has 74 valence electrons. The van der Waals surface area contributed by atoms with Gasteiger partial charge < -0.3 is 0 Å². The van der Waals surface area contributed by atoms with E-state index < -0.39 is 0 Å². The molecule has 0 aromatic carbocycles. The Bertz CT molecular complexity index is 448. The van der Waals surface area contributed by atoms with E-state index in [1.54, 1.807) is 6.20 Å². The highest BCUT2D eigenvalue weighted by atomic mass is 35.5. The predicted octanol–water partition coefficient (Wildman–Crippen LogP) is 2.74. The second-order valence-electron chi connectivity index (χ2n) is 3.79. The minimum absolute atomic E-state index is 0.517. The lowest BCUT2D eigenvalue weighted by atomic mass is 10.2. The first kappa shape index (κ1) is 9.46. The molecular weight excluding hydrogens is 198 g/mol. The predicted molar refractivity (Wildman–Crippen MR) is 57.4 cm³/mol. The molecule has 4 heteroatoms. The first-order valence-electron chi connectivity index (χ1n) is 4.64. The number of pyridine rings is 1. The Kier molecular flexibility index (Phi) is 2.42. The number of aromatic nitrogens is 3. The van der Waals surface area contributed by atoms with Crippen molar-refractivity contribution in [1.82, 2.24) is 14.8 Å². The van der Waals surface area contributed by atoms with Gasteiger partial charge in [-0.15, -0.1) is 0 Å². The highest BCUT2D eigenvalue weighted by Crippen LogP contribution is 2.17. The van der Waals surface area contributed by atoms with Crippen LogP contribution < -0.4 is 0 Å². The zero-order valence-electron chi connectivity index (χ0n) is 8.24. The van der Waals surface area contributed by atoms with E-state index in [0.29, 0.717) is 11.1 Å². The Morgan fingerprint density at radius 1 is 1.43 bits per heavy atom. The fourth-order valence-electron chi connectivity index (χ4n) is 1.44. The standard InChI is InChI=1S/C10H12ClN3/c1-7(2)6-14-9-3-10(11)12-4-8(9)5-13-14/h3-5,7H,6H2,1-2H3. The molecule has 0 saturated carbocycles. The van der Waals surface area contributed by atoms with E-state index in [1.165, 1.54) is 0 Å². The fourth-order valence-corrected chi connectivity index (χ4v) is 1.59. The van der Waals surface area contributed by atoms with Crippen LogP contribution in [0.3, 0.4) is 0 Å². The SMILES string of the molecule is CC(C)Cn1ncc2cnc(Cl)cc21. The highest BCUT2D eigenvalue weighted by molar-refractivity contribution is 6.29. The number of nitrogens with zero attached hydrogens (tertiary/aromatic N) is 3. The topological polar surface area (TPSA) is 30.7 Å². The summed E-state index contributed by atoms with van der Waals surface area (Å²) in [7, 11) is 0. The van der Waals surface area contributed by atoms with Gasteiger partial charge in [-0.1, -0.05) is 25.4 Å².